The minimum Gasteiger partial charge on any atom is -0.489 e. The van der Waals surface area contributed by atoms with Crippen LogP contribution in [0.15, 0.2) is 76.2 Å². The molecule has 0 N–H and O–H groups in total. The van der Waals surface area contributed by atoms with Crippen molar-refractivity contribution < 1.29 is 18.7 Å². The summed E-state index contributed by atoms with van der Waals surface area (Å²) in [5, 5.41) is 0. The molecule has 5 aromatic rings. The molecule has 0 spiro atoms. The summed E-state index contributed by atoms with van der Waals surface area (Å²) in [7, 11) is 4.44. The second-order valence-corrected chi connectivity index (χ2v) is 9.18. The average Bonchev–Trinajstić information content (AvgIpc) is 3.42. The fourth-order valence-electron chi connectivity index (χ4n) is 5.10. The minimum atomic E-state index is -0.423. The monoisotopic (exact) mass is 523 g/mol. The van der Waals surface area contributed by atoms with E-state index in [9.17, 15) is 9.59 Å². The number of ether oxygens (including phenoxy) is 2. The van der Waals surface area contributed by atoms with Crippen molar-refractivity contribution in [1.29, 1.82) is 0 Å². The highest BCUT2D eigenvalue weighted by molar-refractivity contribution is 5.89. The third kappa shape index (κ3) is 4.10. The van der Waals surface area contributed by atoms with Gasteiger partial charge in [0.1, 0.15) is 5.52 Å². The Balaban J connectivity index is 1.56. The third-order valence-electron chi connectivity index (χ3n) is 6.98. The summed E-state index contributed by atoms with van der Waals surface area (Å²) in [5.41, 5.74) is 4.38. The summed E-state index contributed by atoms with van der Waals surface area (Å²) in [6.45, 7) is 0.559. The molecule has 4 heterocycles. The highest BCUT2D eigenvalue weighted by Gasteiger charge is 2.34. The molecule has 0 aliphatic carbocycles. The lowest BCUT2D eigenvalue weighted by atomic mass is 9.87. The van der Waals surface area contributed by atoms with Gasteiger partial charge < -0.3 is 18.8 Å². The van der Waals surface area contributed by atoms with Gasteiger partial charge in [0.05, 0.1) is 25.8 Å². The van der Waals surface area contributed by atoms with Crippen LogP contribution >= 0.6 is 0 Å². The SMILES string of the molecule is COC(=O)c1ccc2c(c1)C(c1cccnc1)N(c1nc(-c3nc4ccccc4o3)c(OC)c(=O)n1C)CC2. The maximum Gasteiger partial charge on any atom is 0.337 e. The van der Waals surface area contributed by atoms with Gasteiger partial charge in [-0.15, -0.1) is 0 Å². The number of anilines is 1. The van der Waals surface area contributed by atoms with Gasteiger partial charge >= 0.3 is 5.97 Å². The van der Waals surface area contributed by atoms with E-state index in [1.54, 1.807) is 31.6 Å². The molecule has 0 radical (unpaired) electrons. The van der Waals surface area contributed by atoms with Crippen molar-refractivity contribution in [1.82, 2.24) is 19.5 Å². The molecular formula is C29H25N5O5. The first-order valence-corrected chi connectivity index (χ1v) is 12.4. The summed E-state index contributed by atoms with van der Waals surface area (Å²) in [5.74, 6) is 0.209. The van der Waals surface area contributed by atoms with Gasteiger partial charge in [0, 0.05) is 26.0 Å². The Morgan fingerprint density at radius 3 is 2.67 bits per heavy atom. The zero-order valence-electron chi connectivity index (χ0n) is 21.6. The first-order valence-electron chi connectivity index (χ1n) is 12.4. The topological polar surface area (TPSA) is 113 Å². The molecule has 39 heavy (non-hydrogen) atoms. The van der Waals surface area contributed by atoms with Crippen molar-refractivity contribution in [3.05, 3.63) is 99.6 Å². The Labute approximate surface area is 223 Å². The fraction of sp³-hybridized carbons (Fsp3) is 0.207. The van der Waals surface area contributed by atoms with E-state index >= 15 is 0 Å². The summed E-state index contributed by atoms with van der Waals surface area (Å²) >= 11 is 0. The Morgan fingerprint density at radius 2 is 1.92 bits per heavy atom. The number of methoxy groups -OCH3 is 2. The van der Waals surface area contributed by atoms with Crippen LogP contribution in [0.4, 0.5) is 5.95 Å². The molecule has 196 valence electrons. The van der Waals surface area contributed by atoms with Gasteiger partial charge in [-0.05, 0) is 53.4 Å². The first-order chi connectivity index (χ1) is 19.0. The Morgan fingerprint density at radius 1 is 1.08 bits per heavy atom. The second kappa shape index (κ2) is 9.71. The summed E-state index contributed by atoms with van der Waals surface area (Å²) < 4.78 is 17.9. The number of rotatable bonds is 5. The van der Waals surface area contributed by atoms with Gasteiger partial charge in [0.25, 0.3) is 11.4 Å². The number of hydrogen-bond acceptors (Lipinski definition) is 9. The van der Waals surface area contributed by atoms with E-state index in [4.69, 9.17) is 18.9 Å². The molecular weight excluding hydrogens is 498 g/mol. The molecule has 1 atom stereocenters. The predicted octanol–water partition coefficient (Wildman–Crippen LogP) is 3.93. The van der Waals surface area contributed by atoms with E-state index in [1.165, 1.54) is 18.8 Å². The van der Waals surface area contributed by atoms with Gasteiger partial charge in [-0.3, -0.25) is 14.3 Å². The smallest absolute Gasteiger partial charge is 0.337 e. The van der Waals surface area contributed by atoms with E-state index in [0.29, 0.717) is 35.6 Å². The Kier molecular flexibility index (Phi) is 6.07. The van der Waals surface area contributed by atoms with Gasteiger partial charge in [0.2, 0.25) is 11.7 Å². The number of para-hydroxylation sites is 2. The number of hydrogen-bond donors (Lipinski definition) is 0. The lowest BCUT2D eigenvalue weighted by Gasteiger charge is -2.39. The number of nitrogens with zero attached hydrogens (tertiary/aromatic N) is 5. The van der Waals surface area contributed by atoms with E-state index in [2.05, 4.69) is 9.97 Å². The van der Waals surface area contributed by atoms with Crippen LogP contribution in [0.3, 0.4) is 0 Å². The van der Waals surface area contributed by atoms with Crippen molar-refractivity contribution in [2.45, 2.75) is 12.5 Å². The minimum absolute atomic E-state index is 0.0381. The standard InChI is InChI=1S/C29H25N5O5/c1-33-27(35)25(37-2)23(26-31-21-8-4-5-9-22(21)39-26)32-29(33)34-14-12-17-10-11-18(28(36)38-3)15-20(17)24(34)19-7-6-13-30-16-19/h4-11,13,15-16,24H,12,14H2,1-3H3. The number of carbonyl (C=O) groups excluding carboxylic acids is 1. The molecule has 0 amide bonds. The summed E-state index contributed by atoms with van der Waals surface area (Å²) in [4.78, 5) is 41.8. The summed E-state index contributed by atoms with van der Waals surface area (Å²) in [6.07, 6.45) is 4.16. The van der Waals surface area contributed by atoms with Gasteiger partial charge in [-0.25, -0.2) is 14.8 Å². The lowest BCUT2D eigenvalue weighted by molar-refractivity contribution is 0.0600. The summed E-state index contributed by atoms with van der Waals surface area (Å²) in [6, 6.07) is 16.4. The van der Waals surface area contributed by atoms with Crippen molar-refractivity contribution in [2.75, 3.05) is 25.7 Å². The molecule has 1 aliphatic rings. The van der Waals surface area contributed by atoms with Crippen molar-refractivity contribution in [3.63, 3.8) is 0 Å². The zero-order valence-corrected chi connectivity index (χ0v) is 21.6. The highest BCUT2D eigenvalue weighted by atomic mass is 16.5. The zero-order chi connectivity index (χ0) is 27.1. The molecule has 0 saturated heterocycles. The molecule has 0 fully saturated rings. The molecule has 0 bridgehead atoms. The quantitative estimate of drug-likeness (QED) is 0.316. The molecule has 10 heteroatoms. The molecule has 0 saturated carbocycles. The van der Waals surface area contributed by atoms with Crippen molar-refractivity contribution in [3.8, 4) is 17.3 Å². The predicted molar refractivity (Wildman–Crippen MR) is 144 cm³/mol. The molecule has 2 aromatic carbocycles. The average molecular weight is 524 g/mol. The van der Waals surface area contributed by atoms with Crippen LogP contribution in [0.25, 0.3) is 22.7 Å². The number of pyridine rings is 1. The lowest BCUT2D eigenvalue weighted by Crippen LogP contribution is -2.40. The van der Waals surface area contributed by atoms with Crippen LogP contribution < -0.4 is 15.2 Å². The molecule has 6 rings (SSSR count). The van der Waals surface area contributed by atoms with Crippen molar-refractivity contribution in [2.24, 2.45) is 7.05 Å². The number of oxazole rings is 1. The molecule has 1 unspecified atom stereocenters. The van der Waals surface area contributed by atoms with Crippen LogP contribution in [0.2, 0.25) is 0 Å². The maximum absolute atomic E-state index is 13.6. The fourth-order valence-corrected chi connectivity index (χ4v) is 5.10. The maximum atomic E-state index is 13.6. The first kappa shape index (κ1) is 24.4. The van der Waals surface area contributed by atoms with E-state index in [0.717, 1.165) is 16.7 Å². The number of carbonyl (C=O) groups is 1. The number of aromatic nitrogens is 4. The van der Waals surface area contributed by atoms with Crippen LogP contribution in [0.5, 0.6) is 5.75 Å². The Bertz CT molecular complexity index is 1730. The number of esters is 1. The van der Waals surface area contributed by atoms with Gasteiger partial charge in [-0.2, -0.15) is 0 Å². The Hall–Kier alpha value is -4.99. The van der Waals surface area contributed by atoms with Crippen LogP contribution in [-0.2, 0) is 18.2 Å². The number of benzene rings is 2. The van der Waals surface area contributed by atoms with Crippen LogP contribution in [0.1, 0.15) is 33.1 Å². The van der Waals surface area contributed by atoms with E-state index in [-0.39, 0.29) is 28.9 Å². The van der Waals surface area contributed by atoms with Crippen LogP contribution in [-0.4, -0.2) is 46.3 Å². The van der Waals surface area contributed by atoms with Crippen LogP contribution in [0, 0.1) is 0 Å². The van der Waals surface area contributed by atoms with Gasteiger partial charge in [-0.1, -0.05) is 24.3 Å². The third-order valence-corrected chi connectivity index (χ3v) is 6.98. The van der Waals surface area contributed by atoms with Gasteiger partial charge in [0.15, 0.2) is 11.3 Å². The molecule has 3 aromatic heterocycles. The normalized spacial score (nSPS) is 14.7. The van der Waals surface area contributed by atoms with E-state index in [1.807, 2.05) is 47.4 Å². The molecule has 10 nitrogen and oxygen atoms in total. The largest absolute Gasteiger partial charge is 0.489 e. The number of fused-ring (bicyclic) bond motifs is 2. The second-order valence-electron chi connectivity index (χ2n) is 9.18. The highest BCUT2D eigenvalue weighted by Crippen LogP contribution is 2.39. The van der Waals surface area contributed by atoms with Crippen molar-refractivity contribution >= 4 is 23.0 Å². The van der Waals surface area contributed by atoms with E-state index < -0.39 is 5.97 Å². The molecule has 1 aliphatic heterocycles.